The van der Waals surface area contributed by atoms with Crippen molar-refractivity contribution in [2.24, 2.45) is 13.0 Å². The van der Waals surface area contributed by atoms with Gasteiger partial charge in [-0.15, -0.1) is 0 Å². The fraction of sp³-hybridized carbons (Fsp3) is 0.545. The van der Waals surface area contributed by atoms with Crippen molar-refractivity contribution in [3.05, 3.63) is 33.1 Å². The highest BCUT2D eigenvalue weighted by Gasteiger charge is 2.23. The number of aryl methyl sites for hydroxylation is 1. The number of rotatable bonds is 3. The SMILES string of the molecule is Cn1ccn(CC(=O)C2CCOC2)c(=O)c1=O. The van der Waals surface area contributed by atoms with Crippen molar-refractivity contribution in [2.45, 2.75) is 13.0 Å². The Balaban J connectivity index is 2.19. The molecular weight excluding hydrogens is 224 g/mol. The fourth-order valence-electron chi connectivity index (χ4n) is 1.80. The highest BCUT2D eigenvalue weighted by molar-refractivity contribution is 5.81. The van der Waals surface area contributed by atoms with Gasteiger partial charge in [0.2, 0.25) is 0 Å². The van der Waals surface area contributed by atoms with Crippen LogP contribution in [0.1, 0.15) is 6.42 Å². The first kappa shape index (κ1) is 11.8. The summed E-state index contributed by atoms with van der Waals surface area (Å²) in [6.07, 6.45) is 3.62. The molecule has 6 nitrogen and oxygen atoms in total. The van der Waals surface area contributed by atoms with Crippen LogP contribution in [0.15, 0.2) is 22.0 Å². The number of carbonyl (C=O) groups excluding carboxylic acids is 1. The molecule has 2 heterocycles. The molecular formula is C11H14N2O4. The van der Waals surface area contributed by atoms with E-state index in [0.29, 0.717) is 19.6 Å². The second kappa shape index (κ2) is 4.67. The lowest BCUT2D eigenvalue weighted by atomic mass is 10.0. The van der Waals surface area contributed by atoms with Gasteiger partial charge in [-0.25, -0.2) is 0 Å². The van der Waals surface area contributed by atoms with E-state index in [1.165, 1.54) is 24.0 Å². The van der Waals surface area contributed by atoms with Crippen LogP contribution in [0.5, 0.6) is 0 Å². The van der Waals surface area contributed by atoms with Crippen molar-refractivity contribution in [3.63, 3.8) is 0 Å². The Hall–Kier alpha value is -1.69. The second-order valence-corrected chi connectivity index (χ2v) is 4.17. The maximum Gasteiger partial charge on any atom is 0.316 e. The molecule has 1 saturated heterocycles. The van der Waals surface area contributed by atoms with Crippen molar-refractivity contribution in [1.82, 2.24) is 9.13 Å². The minimum Gasteiger partial charge on any atom is -0.381 e. The van der Waals surface area contributed by atoms with Gasteiger partial charge in [0, 0.05) is 32.0 Å². The van der Waals surface area contributed by atoms with Crippen molar-refractivity contribution in [3.8, 4) is 0 Å². The summed E-state index contributed by atoms with van der Waals surface area (Å²) in [7, 11) is 1.50. The highest BCUT2D eigenvalue weighted by Crippen LogP contribution is 2.13. The Labute approximate surface area is 97.4 Å². The maximum atomic E-state index is 11.8. The summed E-state index contributed by atoms with van der Waals surface area (Å²) in [5, 5.41) is 0. The number of Topliss-reactive ketones (excluding diaryl/α,β-unsaturated/α-hetero) is 1. The smallest absolute Gasteiger partial charge is 0.316 e. The number of ketones is 1. The van der Waals surface area contributed by atoms with Crippen LogP contribution in [0.25, 0.3) is 0 Å². The van der Waals surface area contributed by atoms with Gasteiger partial charge < -0.3 is 13.9 Å². The third-order valence-electron chi connectivity index (χ3n) is 2.95. The molecule has 1 aliphatic rings. The van der Waals surface area contributed by atoms with Crippen LogP contribution in [0.2, 0.25) is 0 Å². The molecule has 0 bridgehead atoms. The first-order valence-electron chi connectivity index (χ1n) is 5.46. The normalized spacial score (nSPS) is 19.5. The summed E-state index contributed by atoms with van der Waals surface area (Å²) in [6, 6.07) is 0. The topological polar surface area (TPSA) is 70.3 Å². The molecule has 2 rings (SSSR count). The number of nitrogens with zero attached hydrogens (tertiary/aromatic N) is 2. The Bertz CT molecular complexity index is 537. The number of aromatic nitrogens is 2. The molecule has 0 aromatic carbocycles. The van der Waals surface area contributed by atoms with E-state index >= 15 is 0 Å². The summed E-state index contributed by atoms with van der Waals surface area (Å²) in [5.74, 6) is -0.205. The molecule has 6 heteroatoms. The summed E-state index contributed by atoms with van der Waals surface area (Å²) in [4.78, 5) is 34.8. The van der Waals surface area contributed by atoms with Crippen molar-refractivity contribution >= 4 is 5.78 Å². The predicted molar refractivity (Wildman–Crippen MR) is 59.9 cm³/mol. The molecule has 17 heavy (non-hydrogen) atoms. The molecule has 0 aliphatic carbocycles. The minimum atomic E-state index is -0.665. The number of ether oxygens (including phenoxy) is 1. The van der Waals surface area contributed by atoms with Gasteiger partial charge in [0.1, 0.15) is 0 Å². The van der Waals surface area contributed by atoms with Crippen LogP contribution >= 0.6 is 0 Å². The van der Waals surface area contributed by atoms with Crippen LogP contribution < -0.4 is 11.1 Å². The van der Waals surface area contributed by atoms with Crippen LogP contribution in [-0.4, -0.2) is 28.1 Å². The molecule has 1 aromatic heterocycles. The average molecular weight is 238 g/mol. The highest BCUT2D eigenvalue weighted by atomic mass is 16.5. The van der Waals surface area contributed by atoms with Crippen LogP contribution in [-0.2, 0) is 23.1 Å². The van der Waals surface area contributed by atoms with Gasteiger partial charge in [0.05, 0.1) is 13.2 Å². The third kappa shape index (κ3) is 2.36. The van der Waals surface area contributed by atoms with E-state index in [1.54, 1.807) is 0 Å². The Kier molecular flexibility index (Phi) is 3.23. The molecule has 0 saturated carbocycles. The average Bonchev–Trinajstić information content (AvgIpc) is 2.83. The van der Waals surface area contributed by atoms with E-state index in [4.69, 9.17) is 4.74 Å². The zero-order valence-electron chi connectivity index (χ0n) is 9.59. The van der Waals surface area contributed by atoms with E-state index in [0.717, 1.165) is 4.57 Å². The zero-order chi connectivity index (χ0) is 12.4. The molecule has 1 aromatic rings. The van der Waals surface area contributed by atoms with E-state index < -0.39 is 11.1 Å². The van der Waals surface area contributed by atoms with Gasteiger partial charge in [-0.3, -0.25) is 14.4 Å². The molecule has 0 radical (unpaired) electrons. The summed E-state index contributed by atoms with van der Waals surface area (Å²) in [6.45, 7) is 0.948. The lowest BCUT2D eigenvalue weighted by Crippen LogP contribution is -2.41. The Morgan fingerprint density at radius 1 is 1.41 bits per heavy atom. The van der Waals surface area contributed by atoms with Gasteiger partial charge in [-0.05, 0) is 6.42 Å². The monoisotopic (exact) mass is 238 g/mol. The van der Waals surface area contributed by atoms with Crippen molar-refractivity contribution in [2.75, 3.05) is 13.2 Å². The first-order valence-corrected chi connectivity index (χ1v) is 5.46. The third-order valence-corrected chi connectivity index (χ3v) is 2.95. The van der Waals surface area contributed by atoms with Crippen molar-refractivity contribution in [1.29, 1.82) is 0 Å². The lowest BCUT2D eigenvalue weighted by Gasteiger charge is -2.08. The molecule has 1 aliphatic heterocycles. The van der Waals surface area contributed by atoms with Crippen LogP contribution in [0.3, 0.4) is 0 Å². The Morgan fingerprint density at radius 3 is 2.82 bits per heavy atom. The summed E-state index contributed by atoms with van der Waals surface area (Å²) >= 11 is 0. The van der Waals surface area contributed by atoms with Crippen LogP contribution in [0.4, 0.5) is 0 Å². The fourth-order valence-corrected chi connectivity index (χ4v) is 1.80. The predicted octanol–water partition coefficient (Wildman–Crippen LogP) is -0.847. The van der Waals surface area contributed by atoms with Gasteiger partial charge in [0.15, 0.2) is 5.78 Å². The number of hydrogen-bond acceptors (Lipinski definition) is 4. The molecule has 0 N–H and O–H groups in total. The second-order valence-electron chi connectivity index (χ2n) is 4.17. The Morgan fingerprint density at radius 2 is 2.18 bits per heavy atom. The number of hydrogen-bond donors (Lipinski definition) is 0. The molecule has 0 amide bonds. The van der Waals surface area contributed by atoms with Gasteiger partial charge in [-0.1, -0.05) is 0 Å². The first-order chi connectivity index (χ1) is 8.09. The van der Waals surface area contributed by atoms with Crippen molar-refractivity contribution < 1.29 is 9.53 Å². The summed E-state index contributed by atoms with van der Waals surface area (Å²) in [5.41, 5.74) is -1.29. The molecule has 92 valence electrons. The lowest BCUT2D eigenvalue weighted by molar-refractivity contribution is -0.123. The minimum absolute atomic E-state index is 0.0526. The van der Waals surface area contributed by atoms with Gasteiger partial charge in [-0.2, -0.15) is 0 Å². The van der Waals surface area contributed by atoms with Crippen LogP contribution in [0, 0.1) is 5.92 Å². The van der Waals surface area contributed by atoms with E-state index in [9.17, 15) is 14.4 Å². The maximum absolute atomic E-state index is 11.8. The molecule has 0 spiro atoms. The molecule has 1 fully saturated rings. The largest absolute Gasteiger partial charge is 0.381 e. The van der Waals surface area contributed by atoms with Gasteiger partial charge >= 0.3 is 11.1 Å². The molecule has 1 unspecified atom stereocenters. The van der Waals surface area contributed by atoms with E-state index in [-0.39, 0.29) is 18.2 Å². The van der Waals surface area contributed by atoms with Gasteiger partial charge in [0.25, 0.3) is 0 Å². The molecule has 1 atom stereocenters. The standard InChI is InChI=1S/C11H14N2O4/c1-12-3-4-13(11(16)10(12)15)6-9(14)8-2-5-17-7-8/h3-4,8H,2,5-7H2,1H3. The summed E-state index contributed by atoms with van der Waals surface area (Å²) < 4.78 is 7.47. The number of carbonyl (C=O) groups is 1. The zero-order valence-corrected chi connectivity index (χ0v) is 9.59. The quantitative estimate of drug-likeness (QED) is 0.643. The van der Waals surface area contributed by atoms with E-state index in [1.807, 2.05) is 0 Å². The van der Waals surface area contributed by atoms with E-state index in [2.05, 4.69) is 0 Å².